The predicted octanol–water partition coefficient (Wildman–Crippen LogP) is 22.0. The second kappa shape index (κ2) is 36.4. The molecule has 0 aromatic heterocycles. The van der Waals surface area contributed by atoms with E-state index in [1.807, 2.05) is 159 Å². The molecule has 5 N–H and O–H groups in total. The van der Waals surface area contributed by atoms with Crippen molar-refractivity contribution < 1.29 is 63.4 Å². The van der Waals surface area contributed by atoms with E-state index in [4.69, 9.17) is 37.9 Å². The minimum atomic E-state index is -0.468. The van der Waals surface area contributed by atoms with E-state index in [1.165, 1.54) is 5.56 Å². The van der Waals surface area contributed by atoms with E-state index in [2.05, 4.69) is 116 Å². The first-order valence-electron chi connectivity index (χ1n) is 37.1. The van der Waals surface area contributed by atoms with Crippen LogP contribution in [0.3, 0.4) is 0 Å². The Hall–Kier alpha value is -8.98. The van der Waals surface area contributed by atoms with Gasteiger partial charge >= 0.3 is 0 Å². The first-order valence-corrected chi connectivity index (χ1v) is 37.1. The molecule has 9 rings (SSSR count). The van der Waals surface area contributed by atoms with E-state index in [0.717, 1.165) is 114 Å². The van der Waals surface area contributed by atoms with Crippen molar-refractivity contribution in [2.75, 3.05) is 26.4 Å². The molecule has 103 heavy (non-hydrogen) atoms. The summed E-state index contributed by atoms with van der Waals surface area (Å²) in [4.78, 5) is 0. The zero-order valence-corrected chi connectivity index (χ0v) is 63.3. The second-order valence-electron chi connectivity index (χ2n) is 27.7. The Morgan fingerprint density at radius 1 is 0.252 bits per heavy atom. The average molecular weight is 1400 g/mol. The molecule has 0 saturated heterocycles. The summed E-state index contributed by atoms with van der Waals surface area (Å²) in [5.74, 6) is 2.91. The van der Waals surface area contributed by atoms with Crippen LogP contribution in [-0.2, 0) is 18.9 Å². The van der Waals surface area contributed by atoms with E-state index >= 15 is 0 Å². The molecular formula is C90H110O13. The maximum atomic E-state index is 11.8. The molecule has 0 spiro atoms. The smallest absolute Gasteiger partial charge is 0.196 e. The van der Waals surface area contributed by atoms with Crippen molar-refractivity contribution in [3.05, 3.63) is 265 Å². The number of ether oxygens (including phenoxy) is 8. The summed E-state index contributed by atoms with van der Waals surface area (Å²) in [6, 6.07) is 59.9. The van der Waals surface area contributed by atoms with E-state index in [9.17, 15) is 25.5 Å². The van der Waals surface area contributed by atoms with Crippen LogP contribution in [0.4, 0.5) is 0 Å². The van der Waals surface area contributed by atoms with E-state index in [0.29, 0.717) is 32.2 Å². The molecule has 13 nitrogen and oxygen atoms in total. The van der Waals surface area contributed by atoms with Crippen LogP contribution in [0.5, 0.6) is 51.7 Å². The minimum Gasteiger partial charge on any atom is -0.508 e. The Bertz CT molecular complexity index is 4170. The number of rotatable bonds is 36. The summed E-state index contributed by atoms with van der Waals surface area (Å²) in [5.41, 5.74) is 14.2. The van der Waals surface area contributed by atoms with Crippen LogP contribution in [-0.4, -0.2) is 77.1 Å². The van der Waals surface area contributed by atoms with Gasteiger partial charge in [-0.05, 0) is 215 Å². The summed E-state index contributed by atoms with van der Waals surface area (Å²) in [5, 5.41) is 58.1. The minimum absolute atomic E-state index is 0.0556. The first kappa shape index (κ1) is 78.2. The Balaban J connectivity index is 0.958. The van der Waals surface area contributed by atoms with Crippen molar-refractivity contribution in [3.63, 3.8) is 0 Å². The van der Waals surface area contributed by atoms with E-state index in [-0.39, 0.29) is 94.6 Å². The monoisotopic (exact) mass is 1400 g/mol. The lowest BCUT2D eigenvalue weighted by atomic mass is 9.77. The highest BCUT2D eigenvalue weighted by Crippen LogP contribution is 2.46. The molecule has 548 valence electrons. The molecule has 0 aliphatic carbocycles. The third-order valence-electron chi connectivity index (χ3n) is 20.7. The van der Waals surface area contributed by atoms with Gasteiger partial charge in [-0.1, -0.05) is 165 Å². The normalized spacial score (nSPS) is 15.5. The third-order valence-corrected chi connectivity index (χ3v) is 20.7. The Morgan fingerprint density at radius 3 is 0.864 bits per heavy atom. The molecule has 0 saturated carbocycles. The Morgan fingerprint density at radius 2 is 0.515 bits per heavy atom. The lowest BCUT2D eigenvalue weighted by Gasteiger charge is -2.28. The van der Waals surface area contributed by atoms with Gasteiger partial charge in [-0.3, -0.25) is 0 Å². The topological polar surface area (TPSA) is 175 Å². The van der Waals surface area contributed by atoms with Gasteiger partial charge in [0.05, 0.1) is 0 Å². The predicted molar refractivity (Wildman–Crippen MR) is 412 cm³/mol. The Labute approximate surface area is 612 Å². The maximum Gasteiger partial charge on any atom is 0.196 e. The number of hydrogen-bond donors (Lipinski definition) is 5. The molecule has 9 aromatic carbocycles. The second-order valence-corrected chi connectivity index (χ2v) is 27.7. The standard InChI is InChI=1S/C90H110O13/c1-17-65(74-32-44-89(95)83(53-74)59(11)72-31-43-87(93)81(51-72)58(10)70-29-41-86(92)80(49-70)55(7)66-22-34-76(35-23-66)100-61(13)96-18-2)47-75(68-26-38-78(39-27-68)102-63(15)98-20-4)46-54(6)69-28-40-85(91)79(48-69)57(9)71-30-42-88(94)82(50-71)60(12)73-33-45-90(103-64(16)99-21-5)84(52-73)56(8)67-24-36-77(37-25-67)101-62(14)97-19-3/h22-45,48-65,75,91-95H,17-21,46-47H2,1-16H3. The highest BCUT2D eigenvalue weighted by Gasteiger charge is 2.28. The fourth-order valence-electron chi connectivity index (χ4n) is 14.5. The summed E-state index contributed by atoms with van der Waals surface area (Å²) >= 11 is 0. The van der Waals surface area contributed by atoms with Gasteiger partial charge in [0.25, 0.3) is 0 Å². The summed E-state index contributed by atoms with van der Waals surface area (Å²) in [6.45, 7) is 34.6. The van der Waals surface area contributed by atoms with Gasteiger partial charge in [0.2, 0.25) is 0 Å². The van der Waals surface area contributed by atoms with Gasteiger partial charge in [-0.15, -0.1) is 0 Å². The molecule has 13 atom stereocenters. The molecule has 0 fully saturated rings. The largest absolute Gasteiger partial charge is 0.508 e. The van der Waals surface area contributed by atoms with Crippen molar-refractivity contribution in [3.8, 4) is 51.7 Å². The highest BCUT2D eigenvalue weighted by atomic mass is 16.7. The first-order chi connectivity index (χ1) is 49.4. The van der Waals surface area contributed by atoms with Crippen molar-refractivity contribution in [2.24, 2.45) is 0 Å². The maximum absolute atomic E-state index is 11.8. The van der Waals surface area contributed by atoms with Crippen LogP contribution < -0.4 is 18.9 Å². The van der Waals surface area contributed by atoms with Crippen LogP contribution in [0.15, 0.2) is 182 Å². The van der Waals surface area contributed by atoms with Crippen LogP contribution in [0, 0.1) is 0 Å². The summed E-state index contributed by atoms with van der Waals surface area (Å²) in [6.07, 6.45) is 0.838. The number of phenolic OH excluding ortho intramolecular Hbond substituents is 5. The number of hydrogen-bond acceptors (Lipinski definition) is 13. The molecule has 0 aliphatic heterocycles. The van der Waals surface area contributed by atoms with Gasteiger partial charge in [0, 0.05) is 95.3 Å². The van der Waals surface area contributed by atoms with Gasteiger partial charge in [-0.25, -0.2) is 0 Å². The molecule has 0 heterocycles. The Kier molecular flexibility index (Phi) is 27.7. The molecule has 0 amide bonds. The van der Waals surface area contributed by atoms with Crippen molar-refractivity contribution in [1.82, 2.24) is 0 Å². The molecule has 13 unspecified atom stereocenters. The quantitative estimate of drug-likeness (QED) is 0.0235. The van der Waals surface area contributed by atoms with Crippen LogP contribution in [0.1, 0.15) is 267 Å². The van der Waals surface area contributed by atoms with Crippen LogP contribution >= 0.6 is 0 Å². The molecule has 0 aliphatic rings. The number of aromatic hydroxyl groups is 5. The van der Waals surface area contributed by atoms with E-state index < -0.39 is 12.6 Å². The summed E-state index contributed by atoms with van der Waals surface area (Å²) < 4.78 is 47.3. The van der Waals surface area contributed by atoms with Gasteiger partial charge in [0.1, 0.15) is 51.7 Å². The van der Waals surface area contributed by atoms with Crippen molar-refractivity contribution in [2.45, 2.75) is 208 Å². The van der Waals surface area contributed by atoms with E-state index in [1.54, 1.807) is 18.2 Å². The molecular weight excluding hydrogens is 1290 g/mol. The molecule has 0 radical (unpaired) electrons. The fraction of sp³-hybridized carbons (Fsp3) is 0.400. The van der Waals surface area contributed by atoms with Crippen molar-refractivity contribution in [1.29, 1.82) is 0 Å². The number of phenols is 5. The number of benzene rings is 9. The lowest BCUT2D eigenvalue weighted by Crippen LogP contribution is -2.17. The highest BCUT2D eigenvalue weighted by molar-refractivity contribution is 5.55. The molecule has 9 aromatic rings. The van der Waals surface area contributed by atoms with Gasteiger partial charge < -0.3 is 63.4 Å². The summed E-state index contributed by atoms with van der Waals surface area (Å²) in [7, 11) is 0. The molecule has 0 bridgehead atoms. The SMILES string of the molecule is CCOC(C)Oc1ccc(C(CC(C)c2ccc(O)c(C(C)c3ccc(O)c(C(C)c4ccc(OC(C)OCC)c(C(C)c5ccc(OC(C)OCC)cc5)c4)c3)c2)CC(CC)c2ccc(O)c(C(C)c3ccc(O)c(C(C)c4ccc(O)c(C(C)c5ccc(OC(C)OCC)cc5)c4)c3)c2)cc1. The van der Waals surface area contributed by atoms with Crippen LogP contribution in [0.2, 0.25) is 0 Å². The van der Waals surface area contributed by atoms with Crippen molar-refractivity contribution >= 4 is 0 Å². The zero-order valence-electron chi connectivity index (χ0n) is 63.3. The van der Waals surface area contributed by atoms with Crippen LogP contribution in [0.25, 0.3) is 0 Å². The van der Waals surface area contributed by atoms with Gasteiger partial charge in [0.15, 0.2) is 25.2 Å². The average Bonchev–Trinajstić information content (AvgIpc) is 0.792. The zero-order chi connectivity index (χ0) is 74.2. The van der Waals surface area contributed by atoms with Gasteiger partial charge in [-0.2, -0.15) is 0 Å². The molecule has 13 heteroatoms. The third kappa shape index (κ3) is 19.9. The lowest BCUT2D eigenvalue weighted by molar-refractivity contribution is -0.0620. The fourth-order valence-corrected chi connectivity index (χ4v) is 14.5.